The van der Waals surface area contributed by atoms with Crippen LogP contribution in [0.5, 0.6) is 0 Å². The maximum absolute atomic E-state index is 12.2. The van der Waals surface area contributed by atoms with E-state index in [4.69, 9.17) is 0 Å². The lowest BCUT2D eigenvalue weighted by atomic mass is 9.98. The van der Waals surface area contributed by atoms with E-state index in [1.165, 1.54) is 0 Å². The average molecular weight is 336 g/mol. The van der Waals surface area contributed by atoms with Crippen LogP contribution in [0.1, 0.15) is 35.4 Å². The molecule has 1 amide bonds. The third-order valence-electron chi connectivity index (χ3n) is 3.37. The first kappa shape index (κ1) is 14.8. The first-order valence-corrected chi connectivity index (χ1v) is 7.32. The van der Waals surface area contributed by atoms with E-state index in [2.05, 4.69) is 31.4 Å². The Labute approximate surface area is 127 Å². The highest BCUT2D eigenvalue weighted by atomic mass is 79.9. The first-order chi connectivity index (χ1) is 9.49. The van der Waals surface area contributed by atoms with Crippen LogP contribution in [0, 0.1) is 13.8 Å². The lowest BCUT2D eigenvalue weighted by Crippen LogP contribution is -2.28. The molecule has 0 saturated carbocycles. The number of hydrogen-bond donors (Lipinski definition) is 2. The molecule has 106 valence electrons. The highest BCUT2D eigenvalue weighted by Crippen LogP contribution is 2.21. The van der Waals surface area contributed by atoms with Crippen LogP contribution in [0.2, 0.25) is 0 Å². The Balaban J connectivity index is 2.02. The van der Waals surface area contributed by atoms with Gasteiger partial charge in [-0.15, -0.1) is 0 Å². The fourth-order valence-electron chi connectivity index (χ4n) is 2.32. The zero-order valence-electron chi connectivity index (χ0n) is 11.8. The topological polar surface area (TPSA) is 57.8 Å². The van der Waals surface area contributed by atoms with Crippen molar-refractivity contribution in [1.82, 2.24) is 15.5 Å². The van der Waals surface area contributed by atoms with E-state index < -0.39 is 0 Å². The Morgan fingerprint density at radius 3 is 2.80 bits per heavy atom. The molecule has 0 spiro atoms. The van der Waals surface area contributed by atoms with E-state index in [1.54, 1.807) is 0 Å². The Morgan fingerprint density at radius 1 is 1.45 bits per heavy atom. The molecule has 1 unspecified atom stereocenters. The monoisotopic (exact) mass is 335 g/mol. The predicted octanol–water partition coefficient (Wildman–Crippen LogP) is 3.21. The van der Waals surface area contributed by atoms with Gasteiger partial charge in [0, 0.05) is 22.3 Å². The SMILES string of the molecule is Cc1n[nH]c(C)c1C(C)C(=O)NCc1cccc(Br)c1. The van der Waals surface area contributed by atoms with Gasteiger partial charge in [0.05, 0.1) is 11.6 Å². The zero-order chi connectivity index (χ0) is 14.7. The van der Waals surface area contributed by atoms with E-state index in [0.717, 1.165) is 27.0 Å². The number of halogens is 1. The summed E-state index contributed by atoms with van der Waals surface area (Å²) in [6.07, 6.45) is 0. The quantitative estimate of drug-likeness (QED) is 0.901. The number of benzene rings is 1. The second kappa shape index (κ2) is 6.22. The van der Waals surface area contributed by atoms with Gasteiger partial charge in [-0.05, 0) is 38.5 Å². The molecule has 2 aromatic rings. The van der Waals surface area contributed by atoms with Crippen LogP contribution in [-0.2, 0) is 11.3 Å². The molecule has 2 N–H and O–H groups in total. The summed E-state index contributed by atoms with van der Waals surface area (Å²) in [5.41, 5.74) is 3.89. The maximum Gasteiger partial charge on any atom is 0.227 e. The van der Waals surface area contributed by atoms with E-state index in [1.807, 2.05) is 45.0 Å². The van der Waals surface area contributed by atoms with Crippen molar-refractivity contribution in [3.8, 4) is 0 Å². The number of amides is 1. The number of nitrogens with zero attached hydrogens (tertiary/aromatic N) is 1. The zero-order valence-corrected chi connectivity index (χ0v) is 13.4. The lowest BCUT2D eigenvalue weighted by molar-refractivity contribution is -0.122. The number of carbonyl (C=O) groups is 1. The molecule has 1 heterocycles. The summed E-state index contributed by atoms with van der Waals surface area (Å²) >= 11 is 3.42. The molecule has 0 aliphatic carbocycles. The van der Waals surface area contributed by atoms with Gasteiger partial charge in [0.2, 0.25) is 5.91 Å². The lowest BCUT2D eigenvalue weighted by Gasteiger charge is -2.13. The Morgan fingerprint density at radius 2 is 2.20 bits per heavy atom. The minimum absolute atomic E-state index is 0.0116. The standard InChI is InChI=1S/C15H18BrN3O/c1-9(14-10(2)18-19-11(14)3)15(20)17-8-12-5-4-6-13(16)7-12/h4-7,9H,8H2,1-3H3,(H,17,20)(H,18,19). The van der Waals surface area contributed by atoms with Gasteiger partial charge in [-0.25, -0.2) is 0 Å². The molecule has 1 aromatic heterocycles. The molecule has 0 radical (unpaired) electrons. The molecular weight excluding hydrogens is 318 g/mol. The highest BCUT2D eigenvalue weighted by Gasteiger charge is 2.20. The van der Waals surface area contributed by atoms with Gasteiger partial charge >= 0.3 is 0 Å². The van der Waals surface area contributed by atoms with E-state index in [9.17, 15) is 4.79 Å². The normalized spacial score (nSPS) is 12.2. The van der Waals surface area contributed by atoms with Crippen molar-refractivity contribution in [1.29, 1.82) is 0 Å². The molecule has 4 nitrogen and oxygen atoms in total. The fraction of sp³-hybridized carbons (Fsp3) is 0.333. The number of hydrogen-bond acceptors (Lipinski definition) is 2. The van der Waals surface area contributed by atoms with E-state index >= 15 is 0 Å². The van der Waals surface area contributed by atoms with Gasteiger partial charge in [0.1, 0.15) is 0 Å². The fourth-order valence-corrected chi connectivity index (χ4v) is 2.76. The number of H-pyrrole nitrogens is 1. The highest BCUT2D eigenvalue weighted by molar-refractivity contribution is 9.10. The Hall–Kier alpha value is -1.62. The van der Waals surface area contributed by atoms with Crippen molar-refractivity contribution in [3.05, 3.63) is 51.3 Å². The molecule has 0 bridgehead atoms. The smallest absolute Gasteiger partial charge is 0.227 e. The summed E-state index contributed by atoms with van der Waals surface area (Å²) in [6.45, 7) is 6.28. The van der Waals surface area contributed by atoms with Gasteiger partial charge in [-0.2, -0.15) is 5.10 Å². The molecule has 1 aromatic carbocycles. The summed E-state index contributed by atoms with van der Waals surface area (Å²) in [7, 11) is 0. The number of aromatic amines is 1. The molecule has 2 rings (SSSR count). The number of aryl methyl sites for hydroxylation is 2. The minimum atomic E-state index is -0.207. The van der Waals surface area contributed by atoms with E-state index in [0.29, 0.717) is 6.54 Å². The van der Waals surface area contributed by atoms with Crippen molar-refractivity contribution >= 4 is 21.8 Å². The average Bonchev–Trinajstić information content (AvgIpc) is 2.75. The van der Waals surface area contributed by atoms with Gasteiger partial charge in [-0.1, -0.05) is 28.1 Å². The van der Waals surface area contributed by atoms with Crippen molar-refractivity contribution < 1.29 is 4.79 Å². The number of aromatic nitrogens is 2. The van der Waals surface area contributed by atoms with Crippen molar-refractivity contribution in [3.63, 3.8) is 0 Å². The summed E-state index contributed by atoms with van der Waals surface area (Å²) in [6, 6.07) is 7.91. The van der Waals surface area contributed by atoms with Crippen molar-refractivity contribution in [2.45, 2.75) is 33.2 Å². The first-order valence-electron chi connectivity index (χ1n) is 6.52. The van der Waals surface area contributed by atoms with E-state index in [-0.39, 0.29) is 11.8 Å². The molecule has 20 heavy (non-hydrogen) atoms. The third-order valence-corrected chi connectivity index (χ3v) is 3.86. The molecule has 0 fully saturated rings. The largest absolute Gasteiger partial charge is 0.352 e. The Bertz CT molecular complexity index is 602. The molecule has 1 atom stereocenters. The van der Waals surface area contributed by atoms with Crippen LogP contribution in [-0.4, -0.2) is 16.1 Å². The van der Waals surface area contributed by atoms with Crippen LogP contribution in [0.3, 0.4) is 0 Å². The molecule has 5 heteroatoms. The van der Waals surface area contributed by atoms with Crippen LogP contribution in [0.25, 0.3) is 0 Å². The van der Waals surface area contributed by atoms with Crippen molar-refractivity contribution in [2.24, 2.45) is 0 Å². The molecule has 0 aliphatic rings. The van der Waals surface area contributed by atoms with Crippen LogP contribution >= 0.6 is 15.9 Å². The second-order valence-corrected chi connectivity index (χ2v) is 5.83. The summed E-state index contributed by atoms with van der Waals surface area (Å²) in [5.74, 6) is -0.196. The van der Waals surface area contributed by atoms with Crippen LogP contribution in [0.4, 0.5) is 0 Å². The van der Waals surface area contributed by atoms with Gasteiger partial charge in [0.25, 0.3) is 0 Å². The number of carbonyl (C=O) groups excluding carboxylic acids is 1. The Kier molecular flexibility index (Phi) is 4.60. The molecule has 0 aliphatic heterocycles. The summed E-state index contributed by atoms with van der Waals surface area (Å²) in [5, 5.41) is 10.0. The number of rotatable bonds is 4. The molecular formula is C15H18BrN3O. The van der Waals surface area contributed by atoms with Gasteiger partial charge in [-0.3, -0.25) is 9.89 Å². The summed E-state index contributed by atoms with van der Waals surface area (Å²) < 4.78 is 1.01. The van der Waals surface area contributed by atoms with Gasteiger partial charge < -0.3 is 5.32 Å². The summed E-state index contributed by atoms with van der Waals surface area (Å²) in [4.78, 5) is 12.2. The van der Waals surface area contributed by atoms with Crippen molar-refractivity contribution in [2.75, 3.05) is 0 Å². The predicted molar refractivity (Wildman–Crippen MR) is 82.5 cm³/mol. The second-order valence-electron chi connectivity index (χ2n) is 4.92. The van der Waals surface area contributed by atoms with Crippen LogP contribution < -0.4 is 5.32 Å². The van der Waals surface area contributed by atoms with Gasteiger partial charge in [0.15, 0.2) is 0 Å². The minimum Gasteiger partial charge on any atom is -0.352 e. The molecule has 0 saturated heterocycles. The van der Waals surface area contributed by atoms with Crippen LogP contribution in [0.15, 0.2) is 28.7 Å². The third kappa shape index (κ3) is 3.28. The number of nitrogens with one attached hydrogen (secondary N) is 2. The maximum atomic E-state index is 12.2.